The smallest absolute Gasteiger partial charge is 0.145 e. The monoisotopic (exact) mass is 263 g/mol. The van der Waals surface area contributed by atoms with Crippen molar-refractivity contribution in [2.75, 3.05) is 23.4 Å². The number of anilines is 2. The Bertz CT molecular complexity index is 410. The molecule has 5 heteroatoms. The van der Waals surface area contributed by atoms with E-state index in [0.29, 0.717) is 11.7 Å². The Morgan fingerprint density at radius 3 is 2.58 bits per heavy atom. The molecule has 3 N–H and O–H groups in total. The van der Waals surface area contributed by atoms with Crippen LogP contribution in [0.3, 0.4) is 0 Å². The summed E-state index contributed by atoms with van der Waals surface area (Å²) in [6.45, 7) is 8.64. The molecule has 0 radical (unpaired) electrons. The molecular formula is C14H25N5. The molecule has 0 saturated carbocycles. The first-order valence-corrected chi connectivity index (χ1v) is 7.24. The van der Waals surface area contributed by atoms with Gasteiger partial charge >= 0.3 is 0 Å². The Labute approximate surface area is 115 Å². The second-order valence-corrected chi connectivity index (χ2v) is 5.61. The summed E-state index contributed by atoms with van der Waals surface area (Å²) >= 11 is 0. The van der Waals surface area contributed by atoms with Crippen molar-refractivity contribution < 1.29 is 0 Å². The third-order valence-electron chi connectivity index (χ3n) is 3.91. The first-order chi connectivity index (χ1) is 9.13. The average molecular weight is 263 g/mol. The van der Waals surface area contributed by atoms with E-state index in [4.69, 9.17) is 5.84 Å². The SMILES string of the molecule is CCC1CCN(c2cc(NN)nc(C(C)C)n2)CC1. The highest BCUT2D eigenvalue weighted by atomic mass is 15.3. The molecule has 0 spiro atoms. The molecule has 0 atom stereocenters. The summed E-state index contributed by atoms with van der Waals surface area (Å²) in [6, 6.07) is 1.94. The number of rotatable bonds is 4. The van der Waals surface area contributed by atoms with Crippen molar-refractivity contribution in [2.24, 2.45) is 11.8 Å². The molecule has 1 aliphatic rings. The van der Waals surface area contributed by atoms with Gasteiger partial charge in [0.25, 0.3) is 0 Å². The number of nitrogens with two attached hydrogens (primary N) is 1. The maximum absolute atomic E-state index is 5.50. The number of hydrogen-bond acceptors (Lipinski definition) is 5. The Morgan fingerprint density at radius 1 is 1.37 bits per heavy atom. The maximum Gasteiger partial charge on any atom is 0.145 e. The highest BCUT2D eigenvalue weighted by Gasteiger charge is 2.20. The lowest BCUT2D eigenvalue weighted by Crippen LogP contribution is -2.34. The van der Waals surface area contributed by atoms with Gasteiger partial charge in [-0.25, -0.2) is 15.8 Å². The number of piperidine rings is 1. The average Bonchev–Trinajstić information content (AvgIpc) is 2.46. The van der Waals surface area contributed by atoms with Crippen LogP contribution in [0.15, 0.2) is 6.07 Å². The largest absolute Gasteiger partial charge is 0.356 e. The highest BCUT2D eigenvalue weighted by Crippen LogP contribution is 2.26. The van der Waals surface area contributed by atoms with Gasteiger partial charge in [-0.2, -0.15) is 0 Å². The van der Waals surface area contributed by atoms with Gasteiger partial charge < -0.3 is 10.3 Å². The molecule has 106 valence electrons. The van der Waals surface area contributed by atoms with Crippen LogP contribution in [0.2, 0.25) is 0 Å². The molecule has 5 nitrogen and oxygen atoms in total. The van der Waals surface area contributed by atoms with E-state index in [1.165, 1.54) is 19.3 Å². The van der Waals surface area contributed by atoms with Crippen LogP contribution in [0.5, 0.6) is 0 Å². The van der Waals surface area contributed by atoms with Gasteiger partial charge in [-0.15, -0.1) is 0 Å². The lowest BCUT2D eigenvalue weighted by molar-refractivity contribution is 0.393. The standard InChI is InChI=1S/C14H25N5/c1-4-11-5-7-19(8-6-11)13-9-12(18-15)16-14(17-13)10(2)3/h9-11H,4-8,15H2,1-3H3,(H,16,17,18). The normalized spacial score (nSPS) is 17.0. The van der Waals surface area contributed by atoms with Crippen LogP contribution in [0.1, 0.15) is 51.8 Å². The van der Waals surface area contributed by atoms with Crippen LogP contribution in [0.4, 0.5) is 11.6 Å². The van der Waals surface area contributed by atoms with Crippen molar-refractivity contribution in [1.82, 2.24) is 9.97 Å². The fourth-order valence-corrected chi connectivity index (χ4v) is 2.52. The molecule has 1 fully saturated rings. The summed E-state index contributed by atoms with van der Waals surface area (Å²) in [6.07, 6.45) is 3.79. The molecule has 1 aromatic rings. The van der Waals surface area contributed by atoms with E-state index in [0.717, 1.165) is 30.6 Å². The first kappa shape index (κ1) is 14.1. The van der Waals surface area contributed by atoms with Gasteiger partial charge in [-0.1, -0.05) is 27.2 Å². The summed E-state index contributed by atoms with van der Waals surface area (Å²) in [5, 5.41) is 0. The minimum absolute atomic E-state index is 0.306. The zero-order valence-electron chi connectivity index (χ0n) is 12.2. The van der Waals surface area contributed by atoms with Gasteiger partial charge in [0.1, 0.15) is 17.5 Å². The predicted molar refractivity (Wildman–Crippen MR) is 79.2 cm³/mol. The first-order valence-electron chi connectivity index (χ1n) is 7.24. The van der Waals surface area contributed by atoms with Crippen molar-refractivity contribution in [3.8, 4) is 0 Å². The molecule has 0 aliphatic carbocycles. The van der Waals surface area contributed by atoms with Crippen LogP contribution >= 0.6 is 0 Å². The Hall–Kier alpha value is -1.36. The molecule has 0 aromatic carbocycles. The lowest BCUT2D eigenvalue weighted by Gasteiger charge is -2.32. The Kier molecular flexibility index (Phi) is 4.58. The van der Waals surface area contributed by atoms with Crippen molar-refractivity contribution in [3.05, 3.63) is 11.9 Å². The van der Waals surface area contributed by atoms with E-state index in [1.54, 1.807) is 0 Å². The predicted octanol–water partition coefficient (Wildman–Crippen LogP) is 2.51. The number of nitrogen functional groups attached to an aromatic ring is 1. The Balaban J connectivity index is 2.17. The lowest BCUT2D eigenvalue weighted by atomic mass is 9.94. The van der Waals surface area contributed by atoms with Crippen LogP contribution in [0.25, 0.3) is 0 Å². The van der Waals surface area contributed by atoms with E-state index in [9.17, 15) is 0 Å². The Morgan fingerprint density at radius 2 is 2.05 bits per heavy atom. The molecule has 1 aliphatic heterocycles. The summed E-state index contributed by atoms with van der Waals surface area (Å²) in [7, 11) is 0. The fourth-order valence-electron chi connectivity index (χ4n) is 2.52. The van der Waals surface area contributed by atoms with Crippen LogP contribution in [0, 0.1) is 5.92 Å². The zero-order valence-corrected chi connectivity index (χ0v) is 12.2. The second kappa shape index (κ2) is 6.19. The minimum Gasteiger partial charge on any atom is -0.356 e. The van der Waals surface area contributed by atoms with E-state index < -0.39 is 0 Å². The number of aromatic nitrogens is 2. The van der Waals surface area contributed by atoms with Gasteiger partial charge in [0.05, 0.1) is 0 Å². The minimum atomic E-state index is 0.306. The molecule has 0 bridgehead atoms. The molecule has 0 unspecified atom stereocenters. The van der Waals surface area contributed by atoms with E-state index in [2.05, 4.69) is 41.1 Å². The van der Waals surface area contributed by atoms with E-state index in [-0.39, 0.29) is 0 Å². The van der Waals surface area contributed by atoms with Gasteiger partial charge in [0.2, 0.25) is 0 Å². The van der Waals surface area contributed by atoms with Gasteiger partial charge in [-0.05, 0) is 18.8 Å². The van der Waals surface area contributed by atoms with Crippen molar-refractivity contribution in [2.45, 2.75) is 46.0 Å². The van der Waals surface area contributed by atoms with Gasteiger partial charge in [-0.3, -0.25) is 0 Å². The highest BCUT2D eigenvalue weighted by molar-refractivity contribution is 5.49. The molecule has 0 amide bonds. The van der Waals surface area contributed by atoms with Gasteiger partial charge in [0.15, 0.2) is 0 Å². The number of nitrogens with zero attached hydrogens (tertiary/aromatic N) is 3. The third-order valence-corrected chi connectivity index (χ3v) is 3.91. The summed E-state index contributed by atoms with van der Waals surface area (Å²) in [5.41, 5.74) is 2.64. The molecule has 1 aromatic heterocycles. The fraction of sp³-hybridized carbons (Fsp3) is 0.714. The topological polar surface area (TPSA) is 67.1 Å². The number of hydrogen-bond donors (Lipinski definition) is 2. The van der Waals surface area contributed by atoms with E-state index in [1.807, 2.05) is 6.07 Å². The van der Waals surface area contributed by atoms with Crippen molar-refractivity contribution >= 4 is 11.6 Å². The molecule has 19 heavy (non-hydrogen) atoms. The maximum atomic E-state index is 5.50. The molecule has 2 heterocycles. The quantitative estimate of drug-likeness (QED) is 0.645. The van der Waals surface area contributed by atoms with Crippen LogP contribution in [-0.2, 0) is 0 Å². The number of hydrazine groups is 1. The van der Waals surface area contributed by atoms with Gasteiger partial charge in [0, 0.05) is 25.1 Å². The molecular weight excluding hydrogens is 238 g/mol. The summed E-state index contributed by atoms with van der Waals surface area (Å²) in [4.78, 5) is 11.4. The molecule has 2 rings (SSSR count). The van der Waals surface area contributed by atoms with Crippen LogP contribution < -0.4 is 16.2 Å². The third kappa shape index (κ3) is 3.35. The number of nitrogens with one attached hydrogen (secondary N) is 1. The molecule has 1 saturated heterocycles. The second-order valence-electron chi connectivity index (χ2n) is 5.61. The zero-order chi connectivity index (χ0) is 13.8. The van der Waals surface area contributed by atoms with Crippen molar-refractivity contribution in [1.29, 1.82) is 0 Å². The van der Waals surface area contributed by atoms with Crippen molar-refractivity contribution in [3.63, 3.8) is 0 Å². The van der Waals surface area contributed by atoms with E-state index >= 15 is 0 Å². The summed E-state index contributed by atoms with van der Waals surface area (Å²) in [5.74, 6) is 9.23. The summed E-state index contributed by atoms with van der Waals surface area (Å²) < 4.78 is 0. The van der Waals surface area contributed by atoms with Crippen LogP contribution in [-0.4, -0.2) is 23.1 Å².